The molecule has 0 saturated heterocycles. The summed E-state index contributed by atoms with van der Waals surface area (Å²) in [6.07, 6.45) is 3.83. The minimum atomic E-state index is -0.262. The minimum absolute atomic E-state index is 0.262. The average Bonchev–Trinajstić information content (AvgIpc) is 2.93. The van der Waals surface area contributed by atoms with Gasteiger partial charge in [-0.1, -0.05) is 22.5 Å². The van der Waals surface area contributed by atoms with Crippen LogP contribution in [-0.4, -0.2) is 21.0 Å². The highest BCUT2D eigenvalue weighted by atomic mass is 16.3. The first-order valence-electron chi connectivity index (χ1n) is 5.62. The van der Waals surface area contributed by atoms with Crippen molar-refractivity contribution in [1.29, 1.82) is 0 Å². The minimum Gasteiger partial charge on any atom is -0.252 e. The van der Waals surface area contributed by atoms with Crippen LogP contribution in [0.4, 0.5) is 5.69 Å². The molecule has 0 bridgehead atoms. The van der Waals surface area contributed by atoms with Gasteiger partial charge < -0.3 is 0 Å². The molecule has 0 amide bonds. The number of aromatic nitrogens is 3. The van der Waals surface area contributed by atoms with Crippen molar-refractivity contribution >= 4 is 5.69 Å². The van der Waals surface area contributed by atoms with Crippen molar-refractivity contribution in [3.05, 3.63) is 57.6 Å². The summed E-state index contributed by atoms with van der Waals surface area (Å²) in [5, 5.41) is 14.1. The second-order valence-electron chi connectivity index (χ2n) is 3.95. The lowest BCUT2D eigenvalue weighted by Gasteiger charge is -2.10. The summed E-state index contributed by atoms with van der Waals surface area (Å²) >= 11 is 0. The first-order chi connectivity index (χ1) is 9.31. The van der Waals surface area contributed by atoms with Crippen LogP contribution in [-0.2, 0) is 13.0 Å². The fourth-order valence-electron chi connectivity index (χ4n) is 1.73. The standard InChI is InChI=1S/C11H11N7O/c12-16-14-11(8-18-6-5-13-17-18)7-9-1-3-10(15-19)4-2-9/h1-6,11H,7-8H2. The quantitative estimate of drug-likeness (QED) is 0.343. The largest absolute Gasteiger partial charge is 0.252 e. The molecule has 0 radical (unpaired) electrons. The lowest BCUT2D eigenvalue weighted by atomic mass is 10.1. The number of nitrogens with zero attached hydrogens (tertiary/aromatic N) is 7. The van der Waals surface area contributed by atoms with Gasteiger partial charge in [0.2, 0.25) is 0 Å². The number of hydrogen-bond donors (Lipinski definition) is 0. The molecule has 2 rings (SSSR count). The van der Waals surface area contributed by atoms with Crippen LogP contribution in [0, 0.1) is 4.91 Å². The van der Waals surface area contributed by atoms with Crippen LogP contribution in [0.3, 0.4) is 0 Å². The number of nitroso groups, excluding NO2 is 1. The van der Waals surface area contributed by atoms with Crippen LogP contribution in [0.1, 0.15) is 5.56 Å². The molecule has 1 unspecified atom stereocenters. The maximum absolute atomic E-state index is 10.3. The molecule has 8 heteroatoms. The van der Waals surface area contributed by atoms with E-state index in [0.29, 0.717) is 18.7 Å². The van der Waals surface area contributed by atoms with Crippen LogP contribution in [0.25, 0.3) is 10.4 Å². The van der Waals surface area contributed by atoms with Gasteiger partial charge in [-0.2, -0.15) is 0 Å². The second-order valence-corrected chi connectivity index (χ2v) is 3.95. The van der Waals surface area contributed by atoms with Gasteiger partial charge in [0.05, 0.1) is 18.8 Å². The normalized spacial score (nSPS) is 11.6. The van der Waals surface area contributed by atoms with Crippen molar-refractivity contribution in [1.82, 2.24) is 15.0 Å². The van der Waals surface area contributed by atoms with Gasteiger partial charge in [0.15, 0.2) is 0 Å². The summed E-state index contributed by atoms with van der Waals surface area (Å²) in [5.74, 6) is 0. The highest BCUT2D eigenvalue weighted by molar-refractivity contribution is 5.38. The Morgan fingerprint density at radius 3 is 2.74 bits per heavy atom. The van der Waals surface area contributed by atoms with Crippen LogP contribution in [0.2, 0.25) is 0 Å². The molecule has 1 atom stereocenters. The summed E-state index contributed by atoms with van der Waals surface area (Å²) < 4.78 is 1.61. The van der Waals surface area contributed by atoms with Crippen LogP contribution in [0.15, 0.2) is 47.0 Å². The highest BCUT2D eigenvalue weighted by Gasteiger charge is 2.09. The molecule has 1 aromatic carbocycles. The van der Waals surface area contributed by atoms with Crippen molar-refractivity contribution in [2.24, 2.45) is 10.3 Å². The SMILES string of the molecule is [N-]=[N+]=NC(Cc1ccc(N=O)cc1)Cn1ccnn1. The third-order valence-corrected chi connectivity index (χ3v) is 2.60. The lowest BCUT2D eigenvalue weighted by molar-refractivity contribution is 0.495. The van der Waals surface area contributed by atoms with Gasteiger partial charge in [0, 0.05) is 11.1 Å². The van der Waals surface area contributed by atoms with Crippen LogP contribution >= 0.6 is 0 Å². The van der Waals surface area contributed by atoms with Gasteiger partial charge in [0.25, 0.3) is 0 Å². The van der Waals surface area contributed by atoms with E-state index in [9.17, 15) is 4.91 Å². The van der Waals surface area contributed by atoms with Gasteiger partial charge in [-0.05, 0) is 34.8 Å². The highest BCUT2D eigenvalue weighted by Crippen LogP contribution is 2.15. The molecule has 0 N–H and O–H groups in total. The topological polar surface area (TPSA) is 109 Å². The maximum atomic E-state index is 10.3. The lowest BCUT2D eigenvalue weighted by Crippen LogP contribution is -2.17. The Morgan fingerprint density at radius 1 is 1.37 bits per heavy atom. The second kappa shape index (κ2) is 6.27. The van der Waals surface area contributed by atoms with Crippen LogP contribution < -0.4 is 0 Å². The Morgan fingerprint density at radius 2 is 2.16 bits per heavy atom. The number of rotatable bonds is 6. The van der Waals surface area contributed by atoms with Crippen molar-refractivity contribution in [2.45, 2.75) is 19.0 Å². The maximum Gasteiger partial charge on any atom is 0.108 e. The molecule has 0 aliphatic carbocycles. The monoisotopic (exact) mass is 257 g/mol. The van der Waals surface area contributed by atoms with Gasteiger partial charge in [0.1, 0.15) is 5.69 Å². The van der Waals surface area contributed by atoms with E-state index < -0.39 is 0 Å². The molecule has 1 aromatic heterocycles. The van der Waals surface area contributed by atoms with Gasteiger partial charge >= 0.3 is 0 Å². The van der Waals surface area contributed by atoms with Gasteiger partial charge in [-0.15, -0.1) is 10.0 Å². The van der Waals surface area contributed by atoms with E-state index in [-0.39, 0.29) is 6.04 Å². The smallest absolute Gasteiger partial charge is 0.108 e. The Bertz CT molecular complexity index is 572. The molecule has 0 spiro atoms. The van der Waals surface area contributed by atoms with Crippen molar-refractivity contribution in [2.75, 3.05) is 0 Å². The molecule has 0 fully saturated rings. The number of benzene rings is 1. The Kier molecular flexibility index (Phi) is 4.20. The number of hydrogen-bond acceptors (Lipinski definition) is 5. The predicted octanol–water partition coefficient (Wildman–Crippen LogP) is 2.60. The van der Waals surface area contributed by atoms with Crippen molar-refractivity contribution in [3.8, 4) is 0 Å². The fraction of sp³-hybridized carbons (Fsp3) is 0.273. The molecule has 0 aliphatic heterocycles. The van der Waals surface area contributed by atoms with E-state index >= 15 is 0 Å². The molecule has 2 aromatic rings. The van der Waals surface area contributed by atoms with E-state index in [4.69, 9.17) is 5.53 Å². The zero-order chi connectivity index (χ0) is 13.5. The third kappa shape index (κ3) is 3.62. The summed E-state index contributed by atoms with van der Waals surface area (Å²) in [5.41, 5.74) is 9.92. The van der Waals surface area contributed by atoms with E-state index in [2.05, 4.69) is 25.5 Å². The zero-order valence-electron chi connectivity index (χ0n) is 9.99. The zero-order valence-corrected chi connectivity index (χ0v) is 9.99. The predicted molar refractivity (Wildman–Crippen MR) is 68.6 cm³/mol. The molecule has 8 nitrogen and oxygen atoms in total. The molecule has 0 saturated carbocycles. The van der Waals surface area contributed by atoms with Gasteiger partial charge in [-0.3, -0.25) is 4.68 Å². The van der Waals surface area contributed by atoms with Crippen molar-refractivity contribution < 1.29 is 0 Å². The summed E-state index contributed by atoms with van der Waals surface area (Å²) in [7, 11) is 0. The van der Waals surface area contributed by atoms with Crippen molar-refractivity contribution in [3.63, 3.8) is 0 Å². The van der Waals surface area contributed by atoms with Gasteiger partial charge in [-0.25, -0.2) is 0 Å². The molecule has 1 heterocycles. The van der Waals surface area contributed by atoms with E-state index in [1.54, 1.807) is 41.3 Å². The third-order valence-electron chi connectivity index (χ3n) is 2.60. The number of azide groups is 1. The summed E-state index contributed by atoms with van der Waals surface area (Å²) in [4.78, 5) is 13.2. The van der Waals surface area contributed by atoms with E-state index in [1.807, 2.05) is 0 Å². The van der Waals surface area contributed by atoms with E-state index in [1.165, 1.54) is 0 Å². The van der Waals surface area contributed by atoms with E-state index in [0.717, 1.165) is 5.56 Å². The molecule has 96 valence electrons. The Balaban J connectivity index is 2.06. The first kappa shape index (κ1) is 12.7. The molecular formula is C11H11N7O. The molecule has 19 heavy (non-hydrogen) atoms. The molecular weight excluding hydrogens is 246 g/mol. The first-order valence-corrected chi connectivity index (χ1v) is 5.62. The Labute approximate surface area is 108 Å². The summed E-state index contributed by atoms with van der Waals surface area (Å²) in [6, 6.07) is 6.58. The molecule has 0 aliphatic rings. The average molecular weight is 257 g/mol. The summed E-state index contributed by atoms with van der Waals surface area (Å²) in [6.45, 7) is 0.456. The Hall–Kier alpha value is -2.73. The fourth-order valence-corrected chi connectivity index (χ4v) is 1.73. The van der Waals surface area contributed by atoms with Crippen LogP contribution in [0.5, 0.6) is 0 Å².